The molecule has 9 rings (SSSR count). The van der Waals surface area contributed by atoms with Crippen LogP contribution in [0.2, 0.25) is 0 Å². The molecule has 0 saturated carbocycles. The number of benzene rings is 8. The summed E-state index contributed by atoms with van der Waals surface area (Å²) < 4.78 is 0. The third kappa shape index (κ3) is 5.81. The third-order valence-electron chi connectivity index (χ3n) is 9.92. The fourth-order valence-electron chi connectivity index (χ4n) is 7.28. The molecule has 0 aliphatic carbocycles. The lowest BCUT2D eigenvalue weighted by molar-refractivity contribution is 1.32. The van der Waals surface area contributed by atoms with Crippen LogP contribution < -0.4 is 0 Å². The van der Waals surface area contributed by atoms with Crippen LogP contribution in [-0.4, -0.2) is 4.98 Å². The van der Waals surface area contributed by atoms with Gasteiger partial charge in [0.15, 0.2) is 0 Å². The Kier molecular flexibility index (Phi) is 7.93. The summed E-state index contributed by atoms with van der Waals surface area (Å²) in [5, 5.41) is 14.1. The second-order valence-corrected chi connectivity index (χ2v) is 13.1. The molecular weight excluding hydrogens is 629 g/mol. The van der Waals surface area contributed by atoms with E-state index >= 15 is 0 Å². The SMILES string of the molecule is N#Cc1ccc(-c2ccc(-c3cc(-c4ccc(-c5cc(-c6ccccc6)nc(-c6ccccc6)c5)cc4)cc4ccccc34)c3ccccc23)cc1. The average molecular weight is 661 g/mol. The first-order valence-electron chi connectivity index (χ1n) is 17.5. The lowest BCUT2D eigenvalue weighted by Crippen LogP contribution is -1.91. The molecule has 242 valence electrons. The Labute approximate surface area is 303 Å². The molecule has 52 heavy (non-hydrogen) atoms. The van der Waals surface area contributed by atoms with Gasteiger partial charge in [0, 0.05) is 11.1 Å². The highest BCUT2D eigenvalue weighted by atomic mass is 14.7. The van der Waals surface area contributed by atoms with Crippen LogP contribution >= 0.6 is 0 Å². The van der Waals surface area contributed by atoms with E-state index in [4.69, 9.17) is 4.98 Å². The number of aromatic nitrogens is 1. The van der Waals surface area contributed by atoms with Crippen molar-refractivity contribution in [2.75, 3.05) is 0 Å². The highest BCUT2D eigenvalue weighted by Gasteiger charge is 2.15. The molecule has 1 heterocycles. The summed E-state index contributed by atoms with van der Waals surface area (Å²) in [7, 11) is 0. The monoisotopic (exact) mass is 660 g/mol. The fraction of sp³-hybridized carbons (Fsp3) is 0. The summed E-state index contributed by atoms with van der Waals surface area (Å²) in [6.07, 6.45) is 0. The number of pyridine rings is 1. The van der Waals surface area contributed by atoms with E-state index in [2.05, 4.69) is 164 Å². The Morgan fingerprint density at radius 1 is 0.327 bits per heavy atom. The van der Waals surface area contributed by atoms with E-state index in [1.807, 2.05) is 36.4 Å². The van der Waals surface area contributed by atoms with Gasteiger partial charge in [0.05, 0.1) is 23.0 Å². The van der Waals surface area contributed by atoms with Crippen molar-refractivity contribution in [1.29, 1.82) is 5.26 Å². The number of fused-ring (bicyclic) bond motifs is 2. The second kappa shape index (κ2) is 13.3. The van der Waals surface area contributed by atoms with Crippen molar-refractivity contribution < 1.29 is 0 Å². The van der Waals surface area contributed by atoms with Crippen molar-refractivity contribution in [1.82, 2.24) is 4.98 Å². The van der Waals surface area contributed by atoms with Gasteiger partial charge in [0.25, 0.3) is 0 Å². The molecule has 0 N–H and O–H groups in total. The quantitative estimate of drug-likeness (QED) is 0.178. The molecule has 0 aliphatic rings. The topological polar surface area (TPSA) is 36.7 Å². The summed E-state index contributed by atoms with van der Waals surface area (Å²) in [5.41, 5.74) is 14.0. The molecule has 0 saturated heterocycles. The van der Waals surface area contributed by atoms with Gasteiger partial charge >= 0.3 is 0 Å². The first-order chi connectivity index (χ1) is 25.7. The molecule has 0 amide bonds. The first-order valence-corrected chi connectivity index (χ1v) is 17.5. The van der Waals surface area contributed by atoms with Crippen LogP contribution in [0.1, 0.15) is 5.56 Å². The fourth-order valence-corrected chi connectivity index (χ4v) is 7.28. The van der Waals surface area contributed by atoms with Crippen LogP contribution in [0.25, 0.3) is 88.6 Å². The molecule has 0 unspecified atom stereocenters. The van der Waals surface area contributed by atoms with Gasteiger partial charge < -0.3 is 0 Å². The van der Waals surface area contributed by atoms with Gasteiger partial charge in [-0.25, -0.2) is 4.98 Å². The van der Waals surface area contributed by atoms with Crippen LogP contribution in [0.15, 0.2) is 194 Å². The normalized spacial score (nSPS) is 11.1. The van der Waals surface area contributed by atoms with Gasteiger partial charge in [-0.05, 0) is 102 Å². The maximum Gasteiger partial charge on any atom is 0.0991 e. The molecule has 0 bridgehead atoms. The van der Waals surface area contributed by atoms with Gasteiger partial charge in [-0.1, -0.05) is 158 Å². The predicted octanol–water partition coefficient (Wildman–Crippen LogP) is 13.3. The molecule has 0 aliphatic heterocycles. The van der Waals surface area contributed by atoms with Crippen molar-refractivity contribution in [3.05, 3.63) is 200 Å². The van der Waals surface area contributed by atoms with E-state index in [0.717, 1.165) is 50.3 Å². The highest BCUT2D eigenvalue weighted by molar-refractivity contribution is 6.10. The molecule has 9 aromatic rings. The van der Waals surface area contributed by atoms with E-state index in [0.29, 0.717) is 5.56 Å². The number of nitrogens with zero attached hydrogens (tertiary/aromatic N) is 2. The van der Waals surface area contributed by atoms with Gasteiger partial charge in [-0.15, -0.1) is 0 Å². The van der Waals surface area contributed by atoms with Crippen molar-refractivity contribution in [3.8, 4) is 73.1 Å². The van der Waals surface area contributed by atoms with E-state index in [1.165, 1.54) is 38.2 Å². The maximum atomic E-state index is 9.34. The number of rotatable bonds is 6. The largest absolute Gasteiger partial charge is 0.248 e. The lowest BCUT2D eigenvalue weighted by Gasteiger charge is -2.16. The van der Waals surface area contributed by atoms with E-state index in [-0.39, 0.29) is 0 Å². The Morgan fingerprint density at radius 2 is 0.808 bits per heavy atom. The molecule has 1 aromatic heterocycles. The van der Waals surface area contributed by atoms with Gasteiger partial charge in [0.2, 0.25) is 0 Å². The van der Waals surface area contributed by atoms with Crippen LogP contribution in [0.4, 0.5) is 0 Å². The molecule has 0 radical (unpaired) electrons. The van der Waals surface area contributed by atoms with Crippen molar-refractivity contribution in [2.24, 2.45) is 0 Å². The second-order valence-electron chi connectivity index (χ2n) is 13.1. The minimum Gasteiger partial charge on any atom is -0.248 e. The smallest absolute Gasteiger partial charge is 0.0991 e. The van der Waals surface area contributed by atoms with E-state index in [1.54, 1.807) is 0 Å². The molecule has 0 spiro atoms. The Hall–Kier alpha value is -7.08. The zero-order chi connectivity index (χ0) is 34.9. The number of hydrogen-bond donors (Lipinski definition) is 0. The van der Waals surface area contributed by atoms with Crippen molar-refractivity contribution in [2.45, 2.75) is 0 Å². The van der Waals surface area contributed by atoms with Crippen molar-refractivity contribution >= 4 is 21.5 Å². The van der Waals surface area contributed by atoms with Gasteiger partial charge in [-0.2, -0.15) is 5.26 Å². The third-order valence-corrected chi connectivity index (χ3v) is 9.92. The zero-order valence-electron chi connectivity index (χ0n) is 28.4. The standard InChI is InChI=1S/C50H32N2/c51-33-34-19-21-37(22-20-34)44-27-28-47(46-18-10-9-17-45(44)46)48-30-41(29-40-15-7-8-16-43(40)48)35-23-25-36(26-24-35)42-31-49(38-11-3-1-4-12-38)52-50(32-42)39-13-5-2-6-14-39/h1-32H. The van der Waals surface area contributed by atoms with Crippen molar-refractivity contribution in [3.63, 3.8) is 0 Å². The van der Waals surface area contributed by atoms with Crippen LogP contribution in [0.5, 0.6) is 0 Å². The molecular formula is C50H32N2. The minimum atomic E-state index is 0.663. The summed E-state index contributed by atoms with van der Waals surface area (Å²) in [4.78, 5) is 5.07. The number of hydrogen-bond acceptors (Lipinski definition) is 2. The Bertz CT molecular complexity index is 2700. The van der Waals surface area contributed by atoms with E-state index < -0.39 is 0 Å². The Balaban J connectivity index is 1.14. The average Bonchev–Trinajstić information content (AvgIpc) is 3.23. The van der Waals surface area contributed by atoms with Gasteiger partial charge in [0.1, 0.15) is 0 Å². The number of nitriles is 1. The first kappa shape index (κ1) is 30.9. The summed E-state index contributed by atoms with van der Waals surface area (Å²) in [6, 6.07) is 70.6. The van der Waals surface area contributed by atoms with Crippen LogP contribution in [-0.2, 0) is 0 Å². The van der Waals surface area contributed by atoms with Crippen LogP contribution in [0, 0.1) is 11.3 Å². The summed E-state index contributed by atoms with van der Waals surface area (Å²) >= 11 is 0. The maximum absolute atomic E-state index is 9.34. The summed E-state index contributed by atoms with van der Waals surface area (Å²) in [6.45, 7) is 0. The van der Waals surface area contributed by atoms with E-state index in [9.17, 15) is 5.26 Å². The van der Waals surface area contributed by atoms with Gasteiger partial charge in [-0.3, -0.25) is 0 Å². The predicted molar refractivity (Wildman–Crippen MR) is 217 cm³/mol. The molecule has 2 nitrogen and oxygen atoms in total. The highest BCUT2D eigenvalue weighted by Crippen LogP contribution is 2.41. The summed E-state index contributed by atoms with van der Waals surface area (Å²) in [5.74, 6) is 0. The molecule has 2 heteroatoms. The minimum absolute atomic E-state index is 0.663. The zero-order valence-corrected chi connectivity index (χ0v) is 28.4. The molecule has 0 fully saturated rings. The van der Waals surface area contributed by atoms with Crippen LogP contribution in [0.3, 0.4) is 0 Å². The Morgan fingerprint density at radius 3 is 1.40 bits per heavy atom. The molecule has 8 aromatic carbocycles. The molecule has 0 atom stereocenters. The lowest BCUT2D eigenvalue weighted by atomic mass is 9.88.